The molecule has 0 aliphatic carbocycles. The highest BCUT2D eigenvalue weighted by molar-refractivity contribution is 5.85. The molecule has 0 aliphatic rings. The zero-order chi connectivity index (χ0) is 8.97. The summed E-state index contributed by atoms with van der Waals surface area (Å²) in [6.45, 7) is 1.99. The number of hydrogen-bond acceptors (Lipinski definition) is 2. The minimum absolute atomic E-state index is 0. The van der Waals surface area contributed by atoms with Gasteiger partial charge in [-0.15, -0.1) is 0 Å². The maximum atomic E-state index is 10.2. The number of carbonyl (C=O) groups is 1. The molecule has 0 radical (unpaired) electrons. The van der Waals surface area contributed by atoms with Crippen LogP contribution >= 0.6 is 0 Å². The molecule has 0 bridgehead atoms. The van der Waals surface area contributed by atoms with Gasteiger partial charge in [-0.3, -0.25) is 0 Å². The van der Waals surface area contributed by atoms with E-state index in [0.717, 1.165) is 11.6 Å². The van der Waals surface area contributed by atoms with Gasteiger partial charge >= 0.3 is 5.97 Å². The van der Waals surface area contributed by atoms with Gasteiger partial charge < -0.3 is 11.3 Å². The zero-order valence-electron chi connectivity index (χ0n) is 7.53. The molecule has 0 amide bonds. The van der Waals surface area contributed by atoms with E-state index in [9.17, 15) is 4.79 Å². The van der Waals surface area contributed by atoms with Crippen molar-refractivity contribution in [2.75, 3.05) is 0 Å². The van der Waals surface area contributed by atoms with Gasteiger partial charge in [-0.1, -0.05) is 29.8 Å². The molecule has 1 aromatic rings. The zero-order valence-corrected chi connectivity index (χ0v) is 7.53. The summed E-state index contributed by atoms with van der Waals surface area (Å²) in [5.74, 6) is -0.921. The fourth-order valence-electron chi connectivity index (χ4n) is 0.845. The first-order valence-electron chi connectivity index (χ1n) is 3.66. The number of aliphatic carboxylic acids is 1. The van der Waals surface area contributed by atoms with Crippen molar-refractivity contribution in [3.05, 3.63) is 41.5 Å². The Kier molecular flexibility index (Phi) is 4.48. The van der Waals surface area contributed by atoms with Gasteiger partial charge in [0.25, 0.3) is 0 Å². The Morgan fingerprint density at radius 2 is 1.85 bits per heavy atom. The summed E-state index contributed by atoms with van der Waals surface area (Å²) >= 11 is 0. The summed E-state index contributed by atoms with van der Waals surface area (Å²) < 4.78 is 0. The standard InChI is InChI=1S/C10H10O2.H3N/c1-8-2-4-9(5-3-8)6-7-10(11)12;/h2-7H,1H3,(H,11,12);1H3/b7-6+;. The largest absolute Gasteiger partial charge is 0.478 e. The molecule has 4 N–H and O–H groups in total. The number of carboxylic acids is 1. The monoisotopic (exact) mass is 179 g/mol. The minimum Gasteiger partial charge on any atom is -0.478 e. The molecule has 0 aromatic heterocycles. The summed E-state index contributed by atoms with van der Waals surface area (Å²) in [5.41, 5.74) is 2.07. The van der Waals surface area contributed by atoms with Gasteiger partial charge in [-0.2, -0.15) is 0 Å². The van der Waals surface area contributed by atoms with Crippen molar-refractivity contribution < 1.29 is 9.90 Å². The van der Waals surface area contributed by atoms with Gasteiger partial charge in [0.15, 0.2) is 0 Å². The summed E-state index contributed by atoms with van der Waals surface area (Å²) in [6.07, 6.45) is 2.70. The fourth-order valence-corrected chi connectivity index (χ4v) is 0.845. The van der Waals surface area contributed by atoms with E-state index >= 15 is 0 Å². The lowest BCUT2D eigenvalue weighted by Gasteiger charge is -1.92. The van der Waals surface area contributed by atoms with Crippen LogP contribution < -0.4 is 6.15 Å². The van der Waals surface area contributed by atoms with E-state index < -0.39 is 5.97 Å². The molecule has 13 heavy (non-hydrogen) atoms. The van der Waals surface area contributed by atoms with Crippen molar-refractivity contribution in [2.45, 2.75) is 6.92 Å². The van der Waals surface area contributed by atoms with E-state index in [0.29, 0.717) is 0 Å². The molecule has 3 heteroatoms. The Labute approximate surface area is 77.3 Å². The van der Waals surface area contributed by atoms with Crippen LogP contribution in [-0.2, 0) is 4.79 Å². The Hall–Kier alpha value is -1.61. The van der Waals surface area contributed by atoms with Crippen molar-refractivity contribution >= 4 is 12.0 Å². The molecule has 0 fully saturated rings. The van der Waals surface area contributed by atoms with E-state index in [1.165, 1.54) is 5.56 Å². The first-order valence-corrected chi connectivity index (χ1v) is 3.66. The molecule has 0 spiro atoms. The third kappa shape index (κ3) is 4.08. The highest BCUT2D eigenvalue weighted by Crippen LogP contribution is 2.04. The molecule has 1 aromatic carbocycles. The van der Waals surface area contributed by atoms with Crippen LogP contribution in [0.3, 0.4) is 0 Å². The predicted molar refractivity (Wildman–Crippen MR) is 52.9 cm³/mol. The quantitative estimate of drug-likeness (QED) is 0.684. The van der Waals surface area contributed by atoms with Crippen LogP contribution in [0.1, 0.15) is 11.1 Å². The smallest absolute Gasteiger partial charge is 0.328 e. The first kappa shape index (κ1) is 11.4. The van der Waals surface area contributed by atoms with Crippen molar-refractivity contribution in [1.82, 2.24) is 6.15 Å². The average Bonchev–Trinajstić information content (AvgIpc) is 2.03. The molecular weight excluding hydrogens is 166 g/mol. The summed E-state index contributed by atoms with van der Waals surface area (Å²) in [6, 6.07) is 7.66. The Morgan fingerprint density at radius 1 is 1.31 bits per heavy atom. The first-order chi connectivity index (χ1) is 5.68. The number of aryl methyl sites for hydroxylation is 1. The maximum Gasteiger partial charge on any atom is 0.328 e. The second-order valence-corrected chi connectivity index (χ2v) is 2.58. The van der Waals surface area contributed by atoms with Crippen LogP contribution in [-0.4, -0.2) is 11.1 Å². The van der Waals surface area contributed by atoms with Crippen LogP contribution in [0.2, 0.25) is 0 Å². The molecule has 0 heterocycles. The van der Waals surface area contributed by atoms with Crippen LogP contribution in [0.4, 0.5) is 0 Å². The van der Waals surface area contributed by atoms with Crippen molar-refractivity contribution in [2.24, 2.45) is 0 Å². The third-order valence-electron chi connectivity index (χ3n) is 1.50. The molecular formula is C10H13NO2. The topological polar surface area (TPSA) is 72.3 Å². The van der Waals surface area contributed by atoms with Gasteiger partial charge in [0.1, 0.15) is 0 Å². The normalized spacial score (nSPS) is 9.62. The van der Waals surface area contributed by atoms with Gasteiger partial charge in [0.2, 0.25) is 0 Å². The van der Waals surface area contributed by atoms with Gasteiger partial charge in [0.05, 0.1) is 0 Å². The van der Waals surface area contributed by atoms with E-state index in [2.05, 4.69) is 0 Å². The second kappa shape index (κ2) is 5.11. The van der Waals surface area contributed by atoms with Crippen LogP contribution in [0.15, 0.2) is 30.3 Å². The number of rotatable bonds is 2. The Morgan fingerprint density at radius 3 is 2.31 bits per heavy atom. The number of benzene rings is 1. The molecule has 0 saturated carbocycles. The molecule has 0 aliphatic heterocycles. The van der Waals surface area contributed by atoms with Crippen LogP contribution in [0.5, 0.6) is 0 Å². The molecule has 70 valence electrons. The number of carboxylic acid groups (broad SMARTS) is 1. The highest BCUT2D eigenvalue weighted by Gasteiger charge is 1.88. The molecule has 3 nitrogen and oxygen atoms in total. The van der Waals surface area contributed by atoms with E-state index in [4.69, 9.17) is 5.11 Å². The summed E-state index contributed by atoms with van der Waals surface area (Å²) in [7, 11) is 0. The molecule has 0 atom stereocenters. The van der Waals surface area contributed by atoms with Gasteiger partial charge in [-0.25, -0.2) is 4.79 Å². The molecule has 1 rings (SSSR count). The van der Waals surface area contributed by atoms with Crippen LogP contribution in [0.25, 0.3) is 6.08 Å². The maximum absolute atomic E-state index is 10.2. The van der Waals surface area contributed by atoms with E-state index in [-0.39, 0.29) is 6.15 Å². The Balaban J connectivity index is 0.00000144. The second-order valence-electron chi connectivity index (χ2n) is 2.58. The lowest BCUT2D eigenvalue weighted by atomic mass is 10.1. The van der Waals surface area contributed by atoms with E-state index in [1.54, 1.807) is 6.08 Å². The average molecular weight is 179 g/mol. The molecule has 0 unspecified atom stereocenters. The number of hydrogen-bond donors (Lipinski definition) is 2. The Bertz CT molecular complexity index is 301. The van der Waals surface area contributed by atoms with E-state index in [1.807, 2.05) is 31.2 Å². The SMILES string of the molecule is Cc1ccc(/C=C/C(=O)O)cc1.N. The highest BCUT2D eigenvalue weighted by atomic mass is 16.4. The van der Waals surface area contributed by atoms with Crippen molar-refractivity contribution in [3.63, 3.8) is 0 Å². The van der Waals surface area contributed by atoms with Gasteiger partial charge in [-0.05, 0) is 18.6 Å². The van der Waals surface area contributed by atoms with Crippen LogP contribution in [0, 0.1) is 6.92 Å². The lowest BCUT2D eigenvalue weighted by Crippen LogP contribution is -1.85. The predicted octanol–water partition coefficient (Wildman–Crippen LogP) is 2.25. The molecule has 0 saturated heterocycles. The van der Waals surface area contributed by atoms with Gasteiger partial charge in [0, 0.05) is 6.08 Å². The summed E-state index contributed by atoms with van der Waals surface area (Å²) in [4.78, 5) is 10.2. The fraction of sp³-hybridized carbons (Fsp3) is 0.100. The van der Waals surface area contributed by atoms with Crippen molar-refractivity contribution in [1.29, 1.82) is 0 Å². The summed E-state index contributed by atoms with van der Waals surface area (Å²) in [5, 5.41) is 8.34. The van der Waals surface area contributed by atoms with Crippen molar-refractivity contribution in [3.8, 4) is 0 Å². The minimum atomic E-state index is -0.921. The third-order valence-corrected chi connectivity index (χ3v) is 1.50. The lowest BCUT2D eigenvalue weighted by molar-refractivity contribution is -0.131.